The lowest BCUT2D eigenvalue weighted by atomic mass is 10.00. The zero-order valence-electron chi connectivity index (χ0n) is 12.5. The Morgan fingerprint density at radius 3 is 2.55 bits per heavy atom. The molecule has 1 aromatic carbocycles. The van der Waals surface area contributed by atoms with Crippen LogP contribution in [0.4, 0.5) is 0 Å². The van der Waals surface area contributed by atoms with E-state index in [2.05, 4.69) is 29.3 Å². The molecule has 1 amide bonds. The largest absolute Gasteiger partial charge is 0.395 e. The summed E-state index contributed by atoms with van der Waals surface area (Å²) in [6.45, 7) is 2.61. The number of carbonyl (C=O) groups is 1. The first-order chi connectivity index (χ1) is 9.50. The van der Waals surface area contributed by atoms with Gasteiger partial charge in [-0.3, -0.25) is 4.79 Å². The highest BCUT2D eigenvalue weighted by Crippen LogP contribution is 2.45. The van der Waals surface area contributed by atoms with Crippen LogP contribution in [0.1, 0.15) is 30.0 Å². The molecule has 0 radical (unpaired) electrons. The lowest BCUT2D eigenvalue weighted by Crippen LogP contribution is -2.39. The summed E-state index contributed by atoms with van der Waals surface area (Å²) < 4.78 is 0. The smallest absolute Gasteiger partial charge is 0.228 e. The van der Waals surface area contributed by atoms with Crippen LogP contribution in [0, 0.1) is 12.3 Å². The Morgan fingerprint density at radius 1 is 1.40 bits per heavy atom. The Hall–Kier alpha value is -1.39. The van der Waals surface area contributed by atoms with Crippen LogP contribution < -0.4 is 5.32 Å². The number of amides is 1. The van der Waals surface area contributed by atoms with Gasteiger partial charge in [0.15, 0.2) is 0 Å². The van der Waals surface area contributed by atoms with Gasteiger partial charge in [-0.2, -0.15) is 0 Å². The summed E-state index contributed by atoms with van der Waals surface area (Å²) in [7, 11) is 4.03. The zero-order chi connectivity index (χ0) is 14.8. The molecule has 2 N–H and O–H groups in total. The second kappa shape index (κ2) is 5.94. The number of aryl methyl sites for hydroxylation is 1. The Kier molecular flexibility index (Phi) is 4.45. The van der Waals surface area contributed by atoms with Crippen LogP contribution in [-0.2, 0) is 4.79 Å². The van der Waals surface area contributed by atoms with Crippen LogP contribution in [-0.4, -0.2) is 43.2 Å². The van der Waals surface area contributed by atoms with Gasteiger partial charge in [0.05, 0.1) is 18.1 Å². The molecule has 20 heavy (non-hydrogen) atoms. The highest BCUT2D eigenvalue weighted by molar-refractivity contribution is 5.85. The minimum atomic E-state index is -0.497. The molecule has 4 nitrogen and oxygen atoms in total. The van der Waals surface area contributed by atoms with E-state index in [0.29, 0.717) is 6.54 Å². The number of hydrogen-bond acceptors (Lipinski definition) is 3. The van der Waals surface area contributed by atoms with E-state index in [4.69, 9.17) is 0 Å². The van der Waals surface area contributed by atoms with Crippen LogP contribution in [0.2, 0.25) is 0 Å². The summed E-state index contributed by atoms with van der Waals surface area (Å²) in [6.07, 6.45) is 1.60. The maximum Gasteiger partial charge on any atom is 0.228 e. The number of likely N-dealkylation sites (N-methyl/N-ethyl adjacent to an activating group) is 1. The van der Waals surface area contributed by atoms with Crippen molar-refractivity contribution in [1.82, 2.24) is 10.2 Å². The molecule has 0 heterocycles. The molecule has 1 fully saturated rings. The number of rotatable bonds is 6. The molecule has 1 aromatic rings. The van der Waals surface area contributed by atoms with E-state index in [0.717, 1.165) is 12.8 Å². The van der Waals surface area contributed by atoms with E-state index >= 15 is 0 Å². The first-order valence-electron chi connectivity index (χ1n) is 7.11. The summed E-state index contributed by atoms with van der Waals surface area (Å²) in [4.78, 5) is 14.2. The summed E-state index contributed by atoms with van der Waals surface area (Å²) in [5.41, 5.74) is 1.96. The van der Waals surface area contributed by atoms with Gasteiger partial charge in [-0.15, -0.1) is 0 Å². The number of nitrogens with one attached hydrogen (secondary N) is 1. The number of benzene rings is 1. The van der Waals surface area contributed by atoms with E-state index in [-0.39, 0.29) is 18.6 Å². The van der Waals surface area contributed by atoms with Gasteiger partial charge in [0.2, 0.25) is 5.91 Å². The van der Waals surface area contributed by atoms with Gasteiger partial charge in [-0.1, -0.05) is 24.3 Å². The van der Waals surface area contributed by atoms with E-state index in [1.807, 2.05) is 26.2 Å². The normalized spacial score (nSPS) is 17.9. The van der Waals surface area contributed by atoms with Crippen LogP contribution in [0.3, 0.4) is 0 Å². The Balaban J connectivity index is 2.04. The molecule has 1 aliphatic carbocycles. The number of aliphatic hydroxyl groups is 1. The molecule has 2 rings (SSSR count). The molecule has 4 heteroatoms. The molecule has 0 spiro atoms. The van der Waals surface area contributed by atoms with Crippen LogP contribution in [0.15, 0.2) is 24.3 Å². The fourth-order valence-corrected chi connectivity index (χ4v) is 2.52. The van der Waals surface area contributed by atoms with Crippen molar-refractivity contribution < 1.29 is 9.90 Å². The van der Waals surface area contributed by atoms with Gasteiger partial charge < -0.3 is 15.3 Å². The SMILES string of the molecule is Cc1ccccc1[C@@H](CNC(=O)C1(CO)CC1)N(C)C. The second-order valence-corrected chi connectivity index (χ2v) is 5.98. The topological polar surface area (TPSA) is 52.6 Å². The highest BCUT2D eigenvalue weighted by Gasteiger charge is 2.49. The Morgan fingerprint density at radius 2 is 2.05 bits per heavy atom. The van der Waals surface area contributed by atoms with Gasteiger partial charge in [-0.05, 0) is 45.0 Å². The summed E-state index contributed by atoms with van der Waals surface area (Å²) >= 11 is 0. The van der Waals surface area contributed by atoms with Crippen molar-refractivity contribution in [2.45, 2.75) is 25.8 Å². The van der Waals surface area contributed by atoms with Gasteiger partial charge >= 0.3 is 0 Å². The number of aliphatic hydroxyl groups excluding tert-OH is 1. The minimum absolute atomic E-state index is 0.0135. The average molecular weight is 276 g/mol. The van der Waals surface area contributed by atoms with Crippen LogP contribution in [0.5, 0.6) is 0 Å². The number of hydrogen-bond donors (Lipinski definition) is 2. The van der Waals surface area contributed by atoms with Crippen molar-refractivity contribution in [1.29, 1.82) is 0 Å². The first-order valence-corrected chi connectivity index (χ1v) is 7.11. The third-order valence-electron chi connectivity index (χ3n) is 4.26. The Bertz CT molecular complexity index is 481. The molecule has 0 aromatic heterocycles. The maximum atomic E-state index is 12.1. The standard InChI is InChI=1S/C16H24N2O2/c1-12-6-4-5-7-13(12)14(18(2)3)10-17-15(20)16(11-19)8-9-16/h4-7,14,19H,8-11H2,1-3H3,(H,17,20)/t14-/m1/s1. The molecule has 0 saturated heterocycles. The summed E-state index contributed by atoms with van der Waals surface area (Å²) in [5.74, 6) is -0.0135. The van der Waals surface area contributed by atoms with Crippen molar-refractivity contribution in [3.8, 4) is 0 Å². The fourth-order valence-electron chi connectivity index (χ4n) is 2.52. The minimum Gasteiger partial charge on any atom is -0.395 e. The van der Waals surface area contributed by atoms with Crippen molar-refractivity contribution in [2.24, 2.45) is 5.41 Å². The van der Waals surface area contributed by atoms with Crippen molar-refractivity contribution in [3.63, 3.8) is 0 Å². The first kappa shape index (κ1) is 15.0. The second-order valence-electron chi connectivity index (χ2n) is 5.98. The maximum absolute atomic E-state index is 12.1. The molecular formula is C16H24N2O2. The summed E-state index contributed by atoms with van der Waals surface area (Å²) in [6, 6.07) is 8.38. The van der Waals surface area contributed by atoms with E-state index < -0.39 is 5.41 Å². The van der Waals surface area contributed by atoms with E-state index in [1.54, 1.807) is 0 Å². The molecule has 0 bridgehead atoms. The molecule has 0 aliphatic heterocycles. The van der Waals surface area contributed by atoms with Crippen LogP contribution in [0.25, 0.3) is 0 Å². The van der Waals surface area contributed by atoms with Crippen molar-refractivity contribution in [3.05, 3.63) is 35.4 Å². The molecular weight excluding hydrogens is 252 g/mol. The van der Waals surface area contributed by atoms with E-state index in [9.17, 15) is 9.90 Å². The van der Waals surface area contributed by atoms with Crippen molar-refractivity contribution >= 4 is 5.91 Å². The van der Waals surface area contributed by atoms with Crippen molar-refractivity contribution in [2.75, 3.05) is 27.2 Å². The Labute approximate surface area is 120 Å². The number of carbonyl (C=O) groups excluding carboxylic acids is 1. The van der Waals surface area contributed by atoms with Crippen LogP contribution >= 0.6 is 0 Å². The quantitative estimate of drug-likeness (QED) is 0.827. The third kappa shape index (κ3) is 3.02. The fraction of sp³-hybridized carbons (Fsp3) is 0.562. The zero-order valence-corrected chi connectivity index (χ0v) is 12.5. The lowest BCUT2D eigenvalue weighted by Gasteiger charge is -2.27. The van der Waals surface area contributed by atoms with Gasteiger partial charge in [0.25, 0.3) is 0 Å². The predicted molar refractivity (Wildman–Crippen MR) is 79.4 cm³/mol. The monoisotopic (exact) mass is 276 g/mol. The predicted octanol–water partition coefficient (Wildman–Crippen LogP) is 1.49. The molecule has 1 aliphatic rings. The van der Waals surface area contributed by atoms with Gasteiger partial charge in [-0.25, -0.2) is 0 Å². The molecule has 0 unspecified atom stereocenters. The lowest BCUT2D eigenvalue weighted by molar-refractivity contribution is -0.127. The number of nitrogens with zero attached hydrogens (tertiary/aromatic N) is 1. The molecule has 110 valence electrons. The summed E-state index contributed by atoms with van der Waals surface area (Å²) in [5, 5.41) is 12.3. The molecule has 1 atom stereocenters. The van der Waals surface area contributed by atoms with Gasteiger partial charge in [0.1, 0.15) is 0 Å². The highest BCUT2D eigenvalue weighted by atomic mass is 16.3. The van der Waals surface area contributed by atoms with Gasteiger partial charge in [0, 0.05) is 6.54 Å². The molecule has 1 saturated carbocycles. The van der Waals surface area contributed by atoms with E-state index in [1.165, 1.54) is 11.1 Å². The third-order valence-corrected chi connectivity index (χ3v) is 4.26. The average Bonchev–Trinajstić information content (AvgIpc) is 3.21.